The molecular weight excluding hydrogens is 366 g/mol. The Bertz CT molecular complexity index is 902. The number of nitrogens with zero attached hydrogens (tertiary/aromatic N) is 1. The molecule has 1 aliphatic heterocycles. The van der Waals surface area contributed by atoms with Gasteiger partial charge >= 0.3 is 0 Å². The van der Waals surface area contributed by atoms with Gasteiger partial charge in [0.05, 0.1) is 19.3 Å². The lowest BCUT2D eigenvalue weighted by Crippen LogP contribution is -2.45. The van der Waals surface area contributed by atoms with Gasteiger partial charge in [-0.3, -0.25) is 9.78 Å². The normalized spacial score (nSPS) is 14.4. The molecule has 2 heterocycles. The van der Waals surface area contributed by atoms with Crippen LogP contribution >= 0.6 is 0 Å². The molecule has 0 radical (unpaired) electrons. The minimum atomic E-state index is -0.230. The summed E-state index contributed by atoms with van der Waals surface area (Å²) in [5, 5.41) is 16.8. The van der Waals surface area contributed by atoms with Crippen LogP contribution in [0.3, 0.4) is 0 Å². The second-order valence-electron chi connectivity index (χ2n) is 6.63. The second kappa shape index (κ2) is 10.3. The van der Waals surface area contributed by atoms with E-state index in [1.54, 1.807) is 31.7 Å². The predicted molar refractivity (Wildman–Crippen MR) is 116 cm³/mol. The number of hydrogen-bond acceptors (Lipinski definition) is 6. The van der Waals surface area contributed by atoms with Crippen LogP contribution in [0.2, 0.25) is 0 Å². The van der Waals surface area contributed by atoms with E-state index in [0.29, 0.717) is 11.6 Å². The Morgan fingerprint density at radius 1 is 1.28 bits per heavy atom. The molecule has 1 saturated heterocycles. The quantitative estimate of drug-likeness (QED) is 0.389. The highest BCUT2D eigenvalue weighted by molar-refractivity contribution is 6.10. The number of ether oxygens (including phenoxy) is 1. The monoisotopic (exact) mass is 391 g/mol. The van der Waals surface area contributed by atoms with E-state index in [4.69, 9.17) is 10.1 Å². The lowest BCUT2D eigenvalue weighted by molar-refractivity contribution is -0.111. The molecule has 0 atom stereocenters. The van der Waals surface area contributed by atoms with E-state index in [9.17, 15) is 4.79 Å². The van der Waals surface area contributed by atoms with Gasteiger partial charge in [0.25, 0.3) is 0 Å². The fourth-order valence-electron chi connectivity index (χ4n) is 2.83. The van der Waals surface area contributed by atoms with Crippen molar-refractivity contribution >= 4 is 29.5 Å². The van der Waals surface area contributed by atoms with E-state index in [2.05, 4.69) is 20.9 Å². The molecule has 0 spiro atoms. The lowest BCUT2D eigenvalue weighted by Gasteiger charge is -2.27. The first-order valence-electron chi connectivity index (χ1n) is 9.41. The highest BCUT2D eigenvalue weighted by Gasteiger charge is 2.16. The topological polar surface area (TPSA) is 99.1 Å². The number of pyridine rings is 1. The molecule has 3 rings (SSSR count). The van der Waals surface area contributed by atoms with Gasteiger partial charge in [-0.15, -0.1) is 0 Å². The highest BCUT2D eigenvalue weighted by Crippen LogP contribution is 2.18. The third-order valence-corrected chi connectivity index (χ3v) is 4.49. The van der Waals surface area contributed by atoms with Crippen molar-refractivity contribution in [3.05, 3.63) is 71.7 Å². The number of anilines is 1. The maximum Gasteiger partial charge on any atom is 0.248 e. The summed E-state index contributed by atoms with van der Waals surface area (Å²) in [5.74, 6) is -0.230. The van der Waals surface area contributed by atoms with Gasteiger partial charge in [0.15, 0.2) is 0 Å². The van der Waals surface area contributed by atoms with E-state index in [1.165, 1.54) is 12.3 Å². The molecule has 0 aliphatic carbocycles. The van der Waals surface area contributed by atoms with Crippen molar-refractivity contribution in [2.24, 2.45) is 0 Å². The molecule has 29 heavy (non-hydrogen) atoms. The van der Waals surface area contributed by atoms with E-state index in [0.717, 1.165) is 42.1 Å². The maximum absolute atomic E-state index is 12.3. The average Bonchev–Trinajstić information content (AvgIpc) is 2.71. The van der Waals surface area contributed by atoms with Crippen molar-refractivity contribution in [3.8, 4) is 0 Å². The molecule has 4 N–H and O–H groups in total. The molecule has 1 aromatic heterocycles. The molecule has 1 aromatic carbocycles. The number of carbonyl (C=O) groups excluding carboxylic acids is 1. The van der Waals surface area contributed by atoms with E-state index >= 15 is 0 Å². The number of amides is 1. The summed E-state index contributed by atoms with van der Waals surface area (Å²) < 4.78 is 5.14. The van der Waals surface area contributed by atoms with Crippen LogP contribution in [0.1, 0.15) is 16.7 Å². The number of carbonyl (C=O) groups is 1. The lowest BCUT2D eigenvalue weighted by atomic mass is 10.0. The molecule has 0 bridgehead atoms. The van der Waals surface area contributed by atoms with E-state index < -0.39 is 0 Å². The fourth-order valence-corrected chi connectivity index (χ4v) is 2.83. The summed E-state index contributed by atoms with van der Waals surface area (Å²) in [4.78, 5) is 16.4. The highest BCUT2D eigenvalue weighted by atomic mass is 16.5. The Morgan fingerprint density at radius 3 is 2.72 bits per heavy atom. The zero-order valence-electron chi connectivity index (χ0n) is 16.3. The number of benzene rings is 1. The summed E-state index contributed by atoms with van der Waals surface area (Å²) >= 11 is 0. The Hall–Kier alpha value is -3.29. The number of allylic oxidation sites excluding steroid dienone is 1. The van der Waals surface area contributed by atoms with Gasteiger partial charge < -0.3 is 26.1 Å². The number of rotatable bonds is 9. The first-order valence-corrected chi connectivity index (χ1v) is 9.41. The van der Waals surface area contributed by atoms with Crippen LogP contribution in [-0.4, -0.2) is 43.4 Å². The maximum atomic E-state index is 12.3. The SMILES string of the molecule is CN/C=C(\C=N)c1ccncc1/C=C/C(=O)Nc1ccc(CNC2COC2)cc1. The first-order chi connectivity index (χ1) is 14.2. The van der Waals surface area contributed by atoms with Gasteiger partial charge in [0.1, 0.15) is 0 Å². The van der Waals surface area contributed by atoms with Gasteiger partial charge in [-0.25, -0.2) is 0 Å². The summed E-state index contributed by atoms with van der Waals surface area (Å²) in [5.41, 5.74) is 4.17. The number of nitrogens with one attached hydrogen (secondary N) is 4. The molecule has 7 nitrogen and oxygen atoms in total. The van der Waals surface area contributed by atoms with Crippen molar-refractivity contribution in [1.82, 2.24) is 15.6 Å². The van der Waals surface area contributed by atoms with Gasteiger partial charge in [0, 0.05) is 61.3 Å². The Balaban J connectivity index is 1.60. The van der Waals surface area contributed by atoms with Crippen LogP contribution < -0.4 is 16.0 Å². The van der Waals surface area contributed by atoms with Gasteiger partial charge in [-0.2, -0.15) is 0 Å². The molecule has 1 aliphatic rings. The Labute approximate surface area is 170 Å². The van der Waals surface area contributed by atoms with Crippen molar-refractivity contribution in [2.75, 3.05) is 25.6 Å². The van der Waals surface area contributed by atoms with Crippen LogP contribution in [0.5, 0.6) is 0 Å². The second-order valence-corrected chi connectivity index (χ2v) is 6.63. The van der Waals surface area contributed by atoms with Crippen LogP contribution in [0.25, 0.3) is 11.6 Å². The largest absolute Gasteiger partial charge is 0.393 e. The van der Waals surface area contributed by atoms with Gasteiger partial charge in [0.2, 0.25) is 5.91 Å². The van der Waals surface area contributed by atoms with E-state index in [-0.39, 0.29) is 5.91 Å². The minimum Gasteiger partial charge on any atom is -0.393 e. The standard InChI is InChI=1S/C22H25N5O2/c1-24-12-18(10-23)21-8-9-25-13-17(21)4-7-22(28)27-19-5-2-16(3-6-19)11-26-20-14-29-15-20/h2-10,12-13,20,23-24,26H,11,14-15H2,1H3,(H,27,28)/b7-4+,18-12+,23-10?. The zero-order valence-corrected chi connectivity index (χ0v) is 16.3. The van der Waals surface area contributed by atoms with E-state index in [1.807, 2.05) is 30.3 Å². The van der Waals surface area contributed by atoms with Crippen molar-refractivity contribution in [3.63, 3.8) is 0 Å². The van der Waals surface area contributed by atoms with Crippen molar-refractivity contribution < 1.29 is 9.53 Å². The fraction of sp³-hybridized carbons (Fsp3) is 0.227. The molecule has 150 valence electrons. The van der Waals surface area contributed by atoms with Crippen LogP contribution in [0.15, 0.2) is 55.0 Å². The molecule has 0 saturated carbocycles. The summed E-state index contributed by atoms with van der Waals surface area (Å²) in [6.07, 6.45) is 9.48. The molecule has 1 amide bonds. The van der Waals surface area contributed by atoms with Crippen molar-refractivity contribution in [1.29, 1.82) is 5.41 Å². The predicted octanol–water partition coefficient (Wildman–Crippen LogP) is 2.43. The molecule has 0 unspecified atom stereocenters. The molecule has 2 aromatic rings. The zero-order chi connectivity index (χ0) is 20.5. The Morgan fingerprint density at radius 2 is 2.07 bits per heavy atom. The van der Waals surface area contributed by atoms with Crippen LogP contribution in [0.4, 0.5) is 5.69 Å². The summed E-state index contributed by atoms with van der Waals surface area (Å²) in [6.45, 7) is 2.32. The average molecular weight is 391 g/mol. The van der Waals surface area contributed by atoms with Crippen LogP contribution in [-0.2, 0) is 16.1 Å². The third kappa shape index (κ3) is 5.84. The number of aromatic nitrogens is 1. The van der Waals surface area contributed by atoms with Crippen molar-refractivity contribution in [2.45, 2.75) is 12.6 Å². The molecule has 7 heteroatoms. The Kier molecular flexibility index (Phi) is 7.27. The first kappa shape index (κ1) is 20.4. The van der Waals surface area contributed by atoms with Gasteiger partial charge in [-0.05, 0) is 35.4 Å². The van der Waals surface area contributed by atoms with Gasteiger partial charge in [-0.1, -0.05) is 12.1 Å². The third-order valence-electron chi connectivity index (χ3n) is 4.49. The molecule has 1 fully saturated rings. The summed E-state index contributed by atoms with van der Waals surface area (Å²) in [6, 6.07) is 10.0. The summed E-state index contributed by atoms with van der Waals surface area (Å²) in [7, 11) is 1.77. The minimum absolute atomic E-state index is 0.230. The molecular formula is C22H25N5O2. The van der Waals surface area contributed by atoms with Crippen LogP contribution in [0, 0.1) is 5.41 Å². The number of hydrogen-bond donors (Lipinski definition) is 4. The smallest absolute Gasteiger partial charge is 0.248 e.